The first-order valence-electron chi connectivity index (χ1n) is 6.33. The van der Waals surface area contributed by atoms with E-state index in [0.717, 1.165) is 30.9 Å². The van der Waals surface area contributed by atoms with Gasteiger partial charge in [0.2, 0.25) is 0 Å². The molecule has 100 valence electrons. The van der Waals surface area contributed by atoms with Gasteiger partial charge < -0.3 is 9.64 Å². The Kier molecular flexibility index (Phi) is 3.90. The Bertz CT molecular complexity index is 398. The van der Waals surface area contributed by atoms with Crippen LogP contribution in [0.15, 0.2) is 11.6 Å². The molecule has 1 aliphatic heterocycles. The highest BCUT2D eigenvalue weighted by molar-refractivity contribution is 7.09. The van der Waals surface area contributed by atoms with Crippen LogP contribution in [-0.2, 0) is 4.74 Å². The maximum atomic E-state index is 12.0. The number of ether oxygens (including phenoxy) is 1. The SMILES string of the molecule is CC(C)(C)OC(=O)N1CCCC(c2nccs2)C1. The third-order valence-corrected chi connectivity index (χ3v) is 3.81. The van der Waals surface area contributed by atoms with Gasteiger partial charge in [-0.3, -0.25) is 0 Å². The lowest BCUT2D eigenvalue weighted by Crippen LogP contribution is -2.42. The lowest BCUT2D eigenvalue weighted by atomic mass is 9.99. The van der Waals surface area contributed by atoms with Gasteiger partial charge in [0, 0.05) is 30.6 Å². The Morgan fingerprint density at radius 1 is 1.56 bits per heavy atom. The van der Waals surface area contributed by atoms with Crippen molar-refractivity contribution in [1.82, 2.24) is 9.88 Å². The lowest BCUT2D eigenvalue weighted by molar-refractivity contribution is 0.0198. The number of thiazole rings is 1. The second-order valence-corrected chi connectivity index (χ2v) is 6.56. The zero-order valence-electron chi connectivity index (χ0n) is 11.2. The fourth-order valence-electron chi connectivity index (χ4n) is 2.11. The number of carbonyl (C=O) groups is 1. The van der Waals surface area contributed by atoms with Crippen molar-refractivity contribution < 1.29 is 9.53 Å². The molecule has 1 fully saturated rings. The quantitative estimate of drug-likeness (QED) is 0.785. The molecule has 1 aliphatic rings. The molecule has 4 nitrogen and oxygen atoms in total. The van der Waals surface area contributed by atoms with Crippen molar-refractivity contribution in [3.8, 4) is 0 Å². The van der Waals surface area contributed by atoms with Crippen molar-refractivity contribution in [2.24, 2.45) is 0 Å². The molecule has 0 bridgehead atoms. The van der Waals surface area contributed by atoms with E-state index in [4.69, 9.17) is 4.74 Å². The van der Waals surface area contributed by atoms with Crippen molar-refractivity contribution in [1.29, 1.82) is 0 Å². The second-order valence-electron chi connectivity index (χ2n) is 5.64. The highest BCUT2D eigenvalue weighted by atomic mass is 32.1. The highest BCUT2D eigenvalue weighted by Gasteiger charge is 2.29. The second kappa shape index (κ2) is 5.26. The van der Waals surface area contributed by atoms with Gasteiger partial charge in [-0.15, -0.1) is 11.3 Å². The van der Waals surface area contributed by atoms with E-state index in [1.165, 1.54) is 0 Å². The Morgan fingerprint density at radius 3 is 2.94 bits per heavy atom. The van der Waals surface area contributed by atoms with Crippen molar-refractivity contribution in [3.63, 3.8) is 0 Å². The van der Waals surface area contributed by atoms with Crippen LogP contribution in [0.25, 0.3) is 0 Å². The summed E-state index contributed by atoms with van der Waals surface area (Å²) in [7, 11) is 0. The first-order valence-corrected chi connectivity index (χ1v) is 7.21. The number of piperidine rings is 1. The smallest absolute Gasteiger partial charge is 0.410 e. The predicted molar refractivity (Wildman–Crippen MR) is 71.9 cm³/mol. The van der Waals surface area contributed by atoms with Gasteiger partial charge in [0.15, 0.2) is 0 Å². The summed E-state index contributed by atoms with van der Waals surface area (Å²) >= 11 is 1.67. The third kappa shape index (κ3) is 3.45. The predicted octanol–water partition coefficient (Wildman–Crippen LogP) is 3.26. The molecular weight excluding hydrogens is 248 g/mol. The molecule has 0 spiro atoms. The summed E-state index contributed by atoms with van der Waals surface area (Å²) in [5, 5.41) is 3.12. The highest BCUT2D eigenvalue weighted by Crippen LogP contribution is 2.28. The summed E-state index contributed by atoms with van der Waals surface area (Å²) in [6, 6.07) is 0. The minimum absolute atomic E-state index is 0.205. The average molecular weight is 268 g/mol. The van der Waals surface area contributed by atoms with Crippen molar-refractivity contribution >= 4 is 17.4 Å². The fourth-order valence-corrected chi connectivity index (χ4v) is 2.87. The Balaban J connectivity index is 1.96. The zero-order chi connectivity index (χ0) is 13.2. The van der Waals surface area contributed by atoms with Gasteiger partial charge >= 0.3 is 6.09 Å². The molecular formula is C13H20N2O2S. The number of rotatable bonds is 1. The van der Waals surface area contributed by atoms with Crippen LogP contribution < -0.4 is 0 Å². The summed E-state index contributed by atoms with van der Waals surface area (Å²) in [6.45, 7) is 7.20. The Hall–Kier alpha value is -1.10. The van der Waals surface area contributed by atoms with Gasteiger partial charge in [-0.2, -0.15) is 0 Å². The van der Waals surface area contributed by atoms with Crippen molar-refractivity contribution in [2.75, 3.05) is 13.1 Å². The minimum atomic E-state index is -0.425. The van der Waals surface area contributed by atoms with E-state index in [9.17, 15) is 4.79 Å². The Morgan fingerprint density at radius 2 is 2.33 bits per heavy atom. The molecule has 1 aromatic rings. The lowest BCUT2D eigenvalue weighted by Gasteiger charge is -2.33. The summed E-state index contributed by atoms with van der Waals surface area (Å²) < 4.78 is 5.41. The largest absolute Gasteiger partial charge is 0.444 e. The minimum Gasteiger partial charge on any atom is -0.444 e. The van der Waals surface area contributed by atoms with Gasteiger partial charge in [0.25, 0.3) is 0 Å². The molecule has 2 heterocycles. The number of amides is 1. The van der Waals surface area contributed by atoms with Crippen LogP contribution >= 0.6 is 11.3 Å². The average Bonchev–Trinajstić information content (AvgIpc) is 2.80. The summed E-state index contributed by atoms with van der Waals surface area (Å²) in [5.41, 5.74) is -0.425. The fraction of sp³-hybridized carbons (Fsp3) is 0.692. The molecule has 5 heteroatoms. The molecule has 1 saturated heterocycles. The van der Waals surface area contributed by atoms with Crippen LogP contribution in [0.4, 0.5) is 4.79 Å². The maximum Gasteiger partial charge on any atom is 0.410 e. The van der Waals surface area contributed by atoms with Gasteiger partial charge in [0.1, 0.15) is 5.60 Å². The molecule has 18 heavy (non-hydrogen) atoms. The monoisotopic (exact) mass is 268 g/mol. The molecule has 1 amide bonds. The standard InChI is InChI=1S/C13H20N2O2S/c1-13(2,3)17-12(16)15-7-4-5-10(9-15)11-14-6-8-18-11/h6,8,10H,4-5,7,9H2,1-3H3. The molecule has 0 radical (unpaired) electrons. The molecule has 0 N–H and O–H groups in total. The van der Waals surface area contributed by atoms with Crippen molar-refractivity contribution in [3.05, 3.63) is 16.6 Å². The van der Waals surface area contributed by atoms with E-state index in [1.54, 1.807) is 16.2 Å². The van der Waals surface area contributed by atoms with Crippen LogP contribution in [0.2, 0.25) is 0 Å². The molecule has 0 saturated carbocycles. The van der Waals surface area contributed by atoms with Gasteiger partial charge in [-0.1, -0.05) is 0 Å². The number of likely N-dealkylation sites (tertiary alicyclic amines) is 1. The first kappa shape index (κ1) is 13.3. The van der Waals surface area contributed by atoms with Gasteiger partial charge in [-0.05, 0) is 33.6 Å². The normalized spacial score (nSPS) is 20.8. The number of hydrogen-bond donors (Lipinski definition) is 0. The number of carbonyl (C=O) groups excluding carboxylic acids is 1. The molecule has 0 aliphatic carbocycles. The van der Waals surface area contributed by atoms with E-state index >= 15 is 0 Å². The molecule has 0 aromatic carbocycles. The van der Waals surface area contributed by atoms with Gasteiger partial charge in [0.05, 0.1) is 5.01 Å². The number of hydrogen-bond acceptors (Lipinski definition) is 4. The molecule has 1 aromatic heterocycles. The topological polar surface area (TPSA) is 42.4 Å². The van der Waals surface area contributed by atoms with E-state index < -0.39 is 5.60 Å². The van der Waals surface area contributed by atoms with Gasteiger partial charge in [-0.25, -0.2) is 9.78 Å². The van der Waals surface area contributed by atoms with Crippen molar-refractivity contribution in [2.45, 2.75) is 45.1 Å². The van der Waals surface area contributed by atoms with E-state index in [2.05, 4.69) is 4.98 Å². The summed E-state index contributed by atoms with van der Waals surface area (Å²) in [4.78, 5) is 18.2. The van der Waals surface area contributed by atoms with E-state index in [1.807, 2.05) is 32.3 Å². The molecule has 2 rings (SSSR count). The van der Waals surface area contributed by atoms with E-state index in [0.29, 0.717) is 5.92 Å². The van der Waals surface area contributed by atoms with Crippen LogP contribution in [0, 0.1) is 0 Å². The summed E-state index contributed by atoms with van der Waals surface area (Å²) in [6.07, 6.45) is 3.74. The number of aromatic nitrogens is 1. The maximum absolute atomic E-state index is 12.0. The Labute approximate surface area is 112 Å². The zero-order valence-corrected chi connectivity index (χ0v) is 12.0. The first-order chi connectivity index (χ1) is 8.46. The van der Waals surface area contributed by atoms with Crippen LogP contribution in [-0.4, -0.2) is 34.7 Å². The molecule has 1 unspecified atom stereocenters. The van der Waals surface area contributed by atoms with Crippen LogP contribution in [0.5, 0.6) is 0 Å². The summed E-state index contributed by atoms with van der Waals surface area (Å²) in [5.74, 6) is 0.367. The third-order valence-electron chi connectivity index (χ3n) is 2.87. The molecule has 1 atom stereocenters. The van der Waals surface area contributed by atoms with Crippen LogP contribution in [0.1, 0.15) is 44.5 Å². The van der Waals surface area contributed by atoms with E-state index in [-0.39, 0.29) is 6.09 Å². The number of nitrogens with zero attached hydrogens (tertiary/aromatic N) is 2. The van der Waals surface area contributed by atoms with Crippen LogP contribution in [0.3, 0.4) is 0 Å².